The van der Waals surface area contributed by atoms with E-state index in [0.717, 1.165) is 19.3 Å². The molecule has 4 heteroatoms. The first kappa shape index (κ1) is 15.4. The van der Waals surface area contributed by atoms with E-state index in [1.54, 1.807) is 18.8 Å². The Morgan fingerprint density at radius 2 is 1.67 bits per heavy atom. The fourth-order valence-electron chi connectivity index (χ4n) is 1.38. The summed E-state index contributed by atoms with van der Waals surface area (Å²) in [6, 6.07) is -0.199. The normalized spacial score (nSPS) is 34.3. The van der Waals surface area contributed by atoms with E-state index in [4.69, 9.17) is 11.5 Å². The molecule has 0 aromatic carbocycles. The molecule has 2 nitrogen and oxygen atoms in total. The van der Waals surface area contributed by atoms with Gasteiger partial charge in [0.05, 0.1) is 0 Å². The van der Waals surface area contributed by atoms with E-state index >= 15 is 0 Å². The molecule has 0 aliphatic heterocycles. The van der Waals surface area contributed by atoms with Gasteiger partial charge >= 0.3 is 28.2 Å². The van der Waals surface area contributed by atoms with Crippen LogP contribution in [0.15, 0.2) is 0 Å². The Labute approximate surface area is 91.2 Å². The summed E-state index contributed by atoms with van der Waals surface area (Å²) in [7, 11) is 4.61. The van der Waals surface area contributed by atoms with Gasteiger partial charge in [0, 0.05) is 0 Å². The molecule has 0 amide bonds. The molecule has 1 rings (SSSR count). The van der Waals surface area contributed by atoms with Gasteiger partial charge in [-0.15, -0.1) is 0 Å². The molecule has 3 unspecified atom stereocenters. The third-order valence-corrected chi connectivity index (χ3v) is 2.11. The Balaban J connectivity index is 0. The molecular weight excluding hydrogens is 355 g/mol. The van der Waals surface area contributed by atoms with Crippen LogP contribution in [0.25, 0.3) is 11.5 Å². The molecule has 0 aromatic heterocycles. The van der Waals surface area contributed by atoms with Crippen molar-refractivity contribution in [2.24, 2.45) is 5.92 Å². The van der Waals surface area contributed by atoms with Crippen molar-refractivity contribution in [3.8, 4) is 0 Å². The SMILES string of the molecule is CC1CCC([NH-])C([NH-])C1.[CH3-].[Cl][Pt]. The second-order valence-corrected chi connectivity index (χ2v) is 3.13. The van der Waals surface area contributed by atoms with Crippen molar-refractivity contribution in [2.75, 3.05) is 0 Å². The molecule has 3 atom stereocenters. The molecule has 0 heterocycles. The van der Waals surface area contributed by atoms with E-state index in [1.165, 1.54) is 0 Å². The van der Waals surface area contributed by atoms with Crippen LogP contribution in [0.2, 0.25) is 0 Å². The molecular formula is C8H17ClN2Pt-3. The Kier molecular flexibility index (Phi) is 10.9. The number of halogens is 1. The van der Waals surface area contributed by atoms with E-state index in [9.17, 15) is 0 Å². The van der Waals surface area contributed by atoms with Crippen molar-refractivity contribution < 1.29 is 18.8 Å². The predicted molar refractivity (Wildman–Crippen MR) is 51.5 cm³/mol. The van der Waals surface area contributed by atoms with Crippen LogP contribution in [0, 0.1) is 13.3 Å². The summed E-state index contributed by atoms with van der Waals surface area (Å²) in [5.74, 6) is 0.689. The fraction of sp³-hybridized carbons (Fsp3) is 0.875. The van der Waals surface area contributed by atoms with Gasteiger partial charge in [-0.25, -0.2) is 0 Å². The van der Waals surface area contributed by atoms with Crippen molar-refractivity contribution in [1.29, 1.82) is 0 Å². The molecule has 0 saturated heterocycles. The van der Waals surface area contributed by atoms with E-state index < -0.39 is 0 Å². The summed E-state index contributed by atoms with van der Waals surface area (Å²) in [4.78, 5) is 0. The van der Waals surface area contributed by atoms with Crippen molar-refractivity contribution in [2.45, 2.75) is 38.3 Å². The number of hydrogen-bond donors (Lipinski definition) is 0. The topological polar surface area (TPSA) is 47.6 Å². The third kappa shape index (κ3) is 5.53. The van der Waals surface area contributed by atoms with Gasteiger partial charge in [0.15, 0.2) is 0 Å². The summed E-state index contributed by atoms with van der Waals surface area (Å²) in [5.41, 5.74) is 14.8. The van der Waals surface area contributed by atoms with Crippen molar-refractivity contribution in [3.63, 3.8) is 0 Å². The maximum atomic E-state index is 7.42. The number of rotatable bonds is 0. The Morgan fingerprint density at radius 3 is 2.00 bits per heavy atom. The summed E-state index contributed by atoms with van der Waals surface area (Å²) in [6.07, 6.45) is 3.03. The van der Waals surface area contributed by atoms with Crippen molar-refractivity contribution in [1.82, 2.24) is 0 Å². The second kappa shape index (κ2) is 8.49. The first-order valence-electron chi connectivity index (χ1n) is 3.74. The maximum absolute atomic E-state index is 7.42. The van der Waals surface area contributed by atoms with Crippen molar-refractivity contribution in [3.05, 3.63) is 18.9 Å². The standard InChI is InChI=1S/C7H14N2.CH3.ClH.Pt/c1-5-2-3-6(8)7(9)4-5;;;/h5-9H,2-4H2,1H3;1H3;1H;/q-2;-1;;+1/p-1. The van der Waals surface area contributed by atoms with Crippen LogP contribution in [-0.2, 0) is 18.8 Å². The van der Waals surface area contributed by atoms with Gasteiger partial charge in [-0.1, -0.05) is 26.2 Å². The third-order valence-electron chi connectivity index (χ3n) is 2.11. The summed E-state index contributed by atoms with van der Waals surface area (Å²) < 4.78 is 0. The summed E-state index contributed by atoms with van der Waals surface area (Å²) in [6.45, 7) is 2.17. The van der Waals surface area contributed by atoms with Crippen LogP contribution in [0.1, 0.15) is 26.2 Å². The van der Waals surface area contributed by atoms with Gasteiger partial charge < -0.3 is 18.9 Å². The van der Waals surface area contributed by atoms with E-state index in [-0.39, 0.29) is 19.5 Å². The molecule has 0 aromatic rings. The second-order valence-electron chi connectivity index (χ2n) is 3.13. The van der Waals surface area contributed by atoms with Gasteiger partial charge in [-0.2, -0.15) is 12.1 Å². The molecule has 0 bridgehead atoms. The van der Waals surface area contributed by atoms with Gasteiger partial charge in [-0.05, 0) is 5.92 Å². The molecule has 0 spiro atoms. The first-order valence-corrected chi connectivity index (χ1v) is 6.56. The number of hydrogen-bond acceptors (Lipinski definition) is 0. The Morgan fingerprint density at radius 1 is 1.17 bits per heavy atom. The quantitative estimate of drug-likeness (QED) is 0.582. The van der Waals surface area contributed by atoms with E-state index in [2.05, 4.69) is 16.3 Å². The monoisotopic (exact) mass is 371 g/mol. The zero-order chi connectivity index (χ0) is 8.85. The van der Waals surface area contributed by atoms with Crippen molar-refractivity contribution >= 4 is 9.42 Å². The molecule has 1 aliphatic rings. The van der Waals surface area contributed by atoms with E-state index in [0.29, 0.717) is 5.92 Å². The van der Waals surface area contributed by atoms with Gasteiger partial charge in [0.1, 0.15) is 0 Å². The van der Waals surface area contributed by atoms with Crippen LogP contribution >= 0.6 is 9.42 Å². The van der Waals surface area contributed by atoms with E-state index in [1.807, 2.05) is 0 Å². The molecule has 12 heavy (non-hydrogen) atoms. The average molecular weight is 372 g/mol. The first-order chi connectivity index (χ1) is 5.20. The van der Waals surface area contributed by atoms with Gasteiger partial charge in [-0.3, -0.25) is 0 Å². The minimum atomic E-state index is -0.103. The predicted octanol–water partition coefficient (Wildman–Crippen LogP) is 3.79. The van der Waals surface area contributed by atoms with Crippen LogP contribution in [0.4, 0.5) is 0 Å². The van der Waals surface area contributed by atoms with Gasteiger partial charge in [0.2, 0.25) is 0 Å². The molecule has 0 radical (unpaired) electrons. The Bertz CT molecular complexity index is 103. The number of nitrogens with one attached hydrogen (secondary N) is 2. The molecule has 1 saturated carbocycles. The Hall–Kier alpha value is 0.898. The van der Waals surface area contributed by atoms with Gasteiger partial charge in [0.25, 0.3) is 0 Å². The summed E-state index contributed by atoms with van der Waals surface area (Å²) >= 11 is 1.61. The average Bonchev–Trinajstić information content (AvgIpc) is 2.02. The molecule has 1 fully saturated rings. The van der Waals surface area contributed by atoms with Crippen LogP contribution in [0.3, 0.4) is 0 Å². The molecule has 2 N–H and O–H groups in total. The zero-order valence-corrected chi connectivity index (χ0v) is 10.6. The van der Waals surface area contributed by atoms with Crippen LogP contribution in [-0.4, -0.2) is 12.1 Å². The fourth-order valence-corrected chi connectivity index (χ4v) is 1.38. The van der Waals surface area contributed by atoms with Crippen LogP contribution in [0.5, 0.6) is 0 Å². The molecule has 1 aliphatic carbocycles. The minimum absolute atomic E-state index is 0. The van der Waals surface area contributed by atoms with Crippen LogP contribution < -0.4 is 0 Å². The molecule has 79 valence electrons. The zero-order valence-electron chi connectivity index (χ0n) is 7.55. The summed E-state index contributed by atoms with van der Waals surface area (Å²) in [5, 5.41) is 0.